The van der Waals surface area contributed by atoms with Crippen molar-refractivity contribution in [3.63, 3.8) is 0 Å². The average molecular weight is 275 g/mol. The zero-order valence-electron chi connectivity index (χ0n) is 11.3. The van der Waals surface area contributed by atoms with Crippen LogP contribution in [0.5, 0.6) is 0 Å². The maximum Gasteiger partial charge on any atom is 0.255 e. The molecule has 0 saturated heterocycles. The monoisotopic (exact) mass is 275 g/mol. The van der Waals surface area contributed by atoms with Crippen molar-refractivity contribution in [2.75, 3.05) is 11.9 Å². The second kappa shape index (κ2) is 6.91. The molecule has 0 aliphatic carbocycles. The second-order valence-corrected chi connectivity index (χ2v) is 4.23. The fourth-order valence-corrected chi connectivity index (χ4v) is 1.72. The van der Waals surface area contributed by atoms with Crippen molar-refractivity contribution in [1.82, 2.24) is 0 Å². The van der Waals surface area contributed by atoms with E-state index in [-0.39, 0.29) is 12.5 Å². The Kier molecular flexibility index (Phi) is 4.71. The van der Waals surface area contributed by atoms with Gasteiger partial charge in [-0.1, -0.05) is 17.9 Å². The van der Waals surface area contributed by atoms with E-state index in [1.807, 2.05) is 12.1 Å². The number of amides is 1. The number of rotatable bonds is 2. The van der Waals surface area contributed by atoms with Gasteiger partial charge in [0.15, 0.2) is 0 Å². The third kappa shape index (κ3) is 3.94. The highest BCUT2D eigenvalue weighted by atomic mass is 16.1. The third-order valence-electron chi connectivity index (χ3n) is 2.73. The Morgan fingerprint density at radius 2 is 1.90 bits per heavy atom. The van der Waals surface area contributed by atoms with Crippen LogP contribution < -0.4 is 11.1 Å². The molecular formula is C17H13N3O. The molecule has 0 heterocycles. The lowest BCUT2D eigenvalue weighted by Crippen LogP contribution is -2.11. The Hall–Kier alpha value is -3.08. The van der Waals surface area contributed by atoms with E-state index in [1.54, 1.807) is 42.5 Å². The Morgan fingerprint density at radius 1 is 1.14 bits per heavy atom. The topological polar surface area (TPSA) is 78.9 Å². The molecule has 2 aromatic carbocycles. The van der Waals surface area contributed by atoms with E-state index in [0.717, 1.165) is 5.56 Å². The van der Waals surface area contributed by atoms with Crippen LogP contribution in [0.2, 0.25) is 0 Å². The van der Waals surface area contributed by atoms with Crippen LogP contribution in [0.25, 0.3) is 0 Å². The van der Waals surface area contributed by atoms with Gasteiger partial charge in [-0.05, 0) is 42.5 Å². The molecule has 0 aliphatic rings. The van der Waals surface area contributed by atoms with Crippen LogP contribution >= 0.6 is 0 Å². The van der Waals surface area contributed by atoms with Crippen LogP contribution in [0.15, 0.2) is 48.5 Å². The third-order valence-corrected chi connectivity index (χ3v) is 2.73. The second-order valence-electron chi connectivity index (χ2n) is 4.23. The number of benzene rings is 2. The summed E-state index contributed by atoms with van der Waals surface area (Å²) in [5.41, 5.74) is 7.77. The average Bonchev–Trinajstić information content (AvgIpc) is 2.54. The molecule has 0 saturated carbocycles. The number of anilines is 1. The molecule has 0 unspecified atom stereocenters. The molecule has 4 heteroatoms. The Balaban J connectivity index is 2.14. The van der Waals surface area contributed by atoms with E-state index < -0.39 is 0 Å². The summed E-state index contributed by atoms with van der Waals surface area (Å²) in [5.74, 6) is 5.41. The first kappa shape index (κ1) is 14.3. The predicted molar refractivity (Wildman–Crippen MR) is 81.5 cm³/mol. The van der Waals surface area contributed by atoms with Gasteiger partial charge in [-0.25, -0.2) is 0 Å². The van der Waals surface area contributed by atoms with Gasteiger partial charge in [0.25, 0.3) is 5.91 Å². The van der Waals surface area contributed by atoms with Crippen molar-refractivity contribution < 1.29 is 4.79 Å². The van der Waals surface area contributed by atoms with E-state index in [9.17, 15) is 4.79 Å². The van der Waals surface area contributed by atoms with Crippen molar-refractivity contribution in [2.24, 2.45) is 5.73 Å². The molecule has 0 atom stereocenters. The molecular weight excluding hydrogens is 262 g/mol. The molecule has 0 aromatic heterocycles. The summed E-state index contributed by atoms with van der Waals surface area (Å²) in [5, 5.41) is 11.5. The molecule has 0 spiro atoms. The van der Waals surface area contributed by atoms with Crippen LogP contribution in [0.4, 0.5) is 5.69 Å². The van der Waals surface area contributed by atoms with Gasteiger partial charge in [-0.15, -0.1) is 0 Å². The number of hydrogen-bond acceptors (Lipinski definition) is 3. The number of nitriles is 1. The molecule has 0 aliphatic heterocycles. The van der Waals surface area contributed by atoms with Crippen LogP contribution in [-0.2, 0) is 0 Å². The molecule has 102 valence electrons. The molecule has 0 radical (unpaired) electrons. The first-order chi connectivity index (χ1) is 10.2. The Labute approximate surface area is 123 Å². The van der Waals surface area contributed by atoms with Crippen molar-refractivity contribution in [2.45, 2.75) is 0 Å². The van der Waals surface area contributed by atoms with Gasteiger partial charge >= 0.3 is 0 Å². The summed E-state index contributed by atoms with van der Waals surface area (Å²) in [6.45, 7) is 0.279. The highest BCUT2D eigenvalue weighted by Gasteiger charge is 2.06. The van der Waals surface area contributed by atoms with Gasteiger partial charge in [0.1, 0.15) is 0 Å². The minimum absolute atomic E-state index is 0.226. The maximum atomic E-state index is 12.1. The van der Waals surface area contributed by atoms with Gasteiger partial charge in [0.2, 0.25) is 0 Å². The first-order valence-corrected chi connectivity index (χ1v) is 6.33. The first-order valence-electron chi connectivity index (χ1n) is 6.33. The van der Waals surface area contributed by atoms with Gasteiger partial charge in [0.05, 0.1) is 18.2 Å². The predicted octanol–water partition coefficient (Wildman–Crippen LogP) is 2.12. The van der Waals surface area contributed by atoms with Crippen LogP contribution in [0, 0.1) is 23.2 Å². The highest BCUT2D eigenvalue weighted by Crippen LogP contribution is 2.11. The smallest absolute Gasteiger partial charge is 0.255 e. The van der Waals surface area contributed by atoms with Crippen LogP contribution in [0.1, 0.15) is 21.5 Å². The van der Waals surface area contributed by atoms with Crippen molar-refractivity contribution in [3.05, 3.63) is 65.2 Å². The van der Waals surface area contributed by atoms with Gasteiger partial charge in [-0.2, -0.15) is 5.26 Å². The molecule has 4 nitrogen and oxygen atoms in total. The van der Waals surface area contributed by atoms with E-state index in [1.165, 1.54) is 0 Å². The highest BCUT2D eigenvalue weighted by molar-refractivity contribution is 6.04. The Bertz CT molecular complexity index is 746. The standard InChI is InChI=1S/C17H13N3O/c18-10-2-4-13-3-1-5-15(11-13)17(21)20-16-8-6-14(12-19)7-9-16/h1,3,5-9,11H,10,18H2,(H,20,21). The minimum Gasteiger partial charge on any atom is -0.322 e. The molecule has 0 fully saturated rings. The largest absolute Gasteiger partial charge is 0.322 e. The number of nitrogens with two attached hydrogens (primary N) is 1. The summed E-state index contributed by atoms with van der Waals surface area (Å²) in [4.78, 5) is 12.1. The van der Waals surface area contributed by atoms with Crippen LogP contribution in [0.3, 0.4) is 0 Å². The molecule has 1 amide bonds. The summed E-state index contributed by atoms with van der Waals surface area (Å²) in [6.07, 6.45) is 0. The summed E-state index contributed by atoms with van der Waals surface area (Å²) < 4.78 is 0. The van der Waals surface area contributed by atoms with E-state index in [4.69, 9.17) is 11.0 Å². The fourth-order valence-electron chi connectivity index (χ4n) is 1.72. The van der Waals surface area contributed by atoms with E-state index in [2.05, 4.69) is 17.2 Å². The molecule has 3 N–H and O–H groups in total. The summed E-state index contributed by atoms with van der Waals surface area (Å²) in [6, 6.07) is 15.7. The van der Waals surface area contributed by atoms with Gasteiger partial charge < -0.3 is 11.1 Å². The summed E-state index contributed by atoms with van der Waals surface area (Å²) >= 11 is 0. The van der Waals surface area contributed by atoms with Crippen LogP contribution in [-0.4, -0.2) is 12.5 Å². The number of hydrogen-bond donors (Lipinski definition) is 2. The van der Waals surface area contributed by atoms with Gasteiger partial charge in [0, 0.05) is 16.8 Å². The molecule has 2 rings (SSSR count). The zero-order valence-corrected chi connectivity index (χ0v) is 11.3. The molecule has 0 bridgehead atoms. The lowest BCUT2D eigenvalue weighted by atomic mass is 10.1. The van der Waals surface area contributed by atoms with Gasteiger partial charge in [-0.3, -0.25) is 4.79 Å². The fraction of sp³-hybridized carbons (Fsp3) is 0.0588. The SMILES string of the molecule is N#Cc1ccc(NC(=O)c2cccc(C#CCN)c2)cc1. The number of carbonyl (C=O) groups is 1. The quantitative estimate of drug-likeness (QED) is 0.824. The molecule has 2 aromatic rings. The van der Waals surface area contributed by atoms with Crippen molar-refractivity contribution in [1.29, 1.82) is 5.26 Å². The summed E-state index contributed by atoms with van der Waals surface area (Å²) in [7, 11) is 0. The lowest BCUT2D eigenvalue weighted by molar-refractivity contribution is 0.102. The van der Waals surface area contributed by atoms with E-state index >= 15 is 0 Å². The lowest BCUT2D eigenvalue weighted by Gasteiger charge is -2.05. The maximum absolute atomic E-state index is 12.1. The Morgan fingerprint density at radius 3 is 2.57 bits per heavy atom. The van der Waals surface area contributed by atoms with Crippen molar-refractivity contribution >= 4 is 11.6 Å². The molecule has 21 heavy (non-hydrogen) atoms. The zero-order chi connectivity index (χ0) is 15.1. The number of nitrogens with one attached hydrogen (secondary N) is 1. The minimum atomic E-state index is -0.226. The van der Waals surface area contributed by atoms with E-state index in [0.29, 0.717) is 16.8 Å². The normalized spacial score (nSPS) is 9.14. The number of nitrogens with zero attached hydrogens (tertiary/aromatic N) is 1. The van der Waals surface area contributed by atoms with Crippen molar-refractivity contribution in [3.8, 4) is 17.9 Å². The number of carbonyl (C=O) groups excluding carboxylic acids is 1.